The number of carboxylic acid groups (broad SMARTS) is 2. The van der Waals surface area contributed by atoms with Gasteiger partial charge in [-0.3, -0.25) is 9.59 Å². The molecule has 0 aliphatic heterocycles. The van der Waals surface area contributed by atoms with Crippen LogP contribution in [0.3, 0.4) is 0 Å². The van der Waals surface area contributed by atoms with Gasteiger partial charge < -0.3 is 10.2 Å². The number of benzene rings is 1. The molecule has 2 N–H and O–H groups in total. The summed E-state index contributed by atoms with van der Waals surface area (Å²) in [7, 11) is 0. The zero-order valence-electron chi connectivity index (χ0n) is 9.51. The molecule has 18 heavy (non-hydrogen) atoms. The Kier molecular flexibility index (Phi) is 4.61. The lowest BCUT2D eigenvalue weighted by atomic mass is 9.94. The fraction of sp³-hybridized carbons (Fsp3) is 0.250. The minimum absolute atomic E-state index is 0.0447. The number of halogens is 1. The van der Waals surface area contributed by atoms with E-state index in [0.29, 0.717) is 0 Å². The number of carbonyl (C=O) groups is 3. The first-order valence-electron chi connectivity index (χ1n) is 5.09. The normalized spacial score (nSPS) is 11.9. The molecule has 0 heterocycles. The lowest BCUT2D eigenvalue weighted by Crippen LogP contribution is -2.19. The van der Waals surface area contributed by atoms with Gasteiger partial charge in [0.15, 0.2) is 5.78 Å². The predicted octanol–water partition coefficient (Wildman–Crippen LogP) is 1.98. The highest BCUT2D eigenvalue weighted by Crippen LogP contribution is 2.20. The molecule has 1 atom stereocenters. The number of carbonyl (C=O) groups excluding carboxylic acids is 1. The quantitative estimate of drug-likeness (QED) is 0.640. The average molecular weight is 315 g/mol. The van der Waals surface area contributed by atoms with Crippen molar-refractivity contribution in [3.05, 3.63) is 34.9 Å². The van der Waals surface area contributed by atoms with Gasteiger partial charge in [-0.15, -0.1) is 0 Å². The van der Waals surface area contributed by atoms with Crippen LogP contribution < -0.4 is 0 Å². The molecule has 0 aromatic heterocycles. The Morgan fingerprint density at radius 3 is 2.33 bits per heavy atom. The summed E-state index contributed by atoms with van der Waals surface area (Å²) in [6.07, 6.45) is -0.387. The zero-order chi connectivity index (χ0) is 13.9. The van der Waals surface area contributed by atoms with E-state index in [9.17, 15) is 14.4 Å². The van der Waals surface area contributed by atoms with Gasteiger partial charge in [-0.25, -0.2) is 4.79 Å². The first-order chi connectivity index (χ1) is 8.34. The average Bonchev–Trinajstić information content (AvgIpc) is 2.26. The summed E-state index contributed by atoms with van der Waals surface area (Å²) in [5.41, 5.74) is -0.0134. The molecule has 1 rings (SSSR count). The zero-order valence-corrected chi connectivity index (χ0v) is 11.1. The van der Waals surface area contributed by atoms with Crippen molar-refractivity contribution in [2.75, 3.05) is 0 Å². The molecule has 0 aliphatic carbocycles. The Hall–Kier alpha value is -1.69. The van der Waals surface area contributed by atoms with Gasteiger partial charge in [0.25, 0.3) is 0 Å². The molecular formula is C12H11BrO5. The molecule has 1 aromatic rings. The molecule has 1 aromatic carbocycles. The highest BCUT2D eigenvalue weighted by molar-refractivity contribution is 9.10. The van der Waals surface area contributed by atoms with Crippen molar-refractivity contribution >= 4 is 33.7 Å². The highest BCUT2D eigenvalue weighted by atomic mass is 79.9. The molecular weight excluding hydrogens is 304 g/mol. The Morgan fingerprint density at radius 1 is 1.28 bits per heavy atom. The molecule has 0 amide bonds. The lowest BCUT2D eigenvalue weighted by Gasteiger charge is -2.11. The number of rotatable bonds is 5. The fourth-order valence-corrected chi connectivity index (χ4v) is 1.81. The van der Waals surface area contributed by atoms with Crippen LogP contribution in [0.4, 0.5) is 0 Å². The lowest BCUT2D eigenvalue weighted by molar-refractivity contribution is -0.136. The molecule has 0 aliphatic rings. The number of alkyl halides is 1. The molecule has 0 spiro atoms. The summed E-state index contributed by atoms with van der Waals surface area (Å²) < 4.78 is 0. The van der Waals surface area contributed by atoms with Crippen LogP contribution in [-0.4, -0.2) is 32.8 Å². The van der Waals surface area contributed by atoms with E-state index in [-0.39, 0.29) is 23.1 Å². The second-order valence-corrected chi connectivity index (χ2v) is 5.07. The van der Waals surface area contributed by atoms with Crippen LogP contribution in [0, 0.1) is 0 Å². The number of hydrogen-bond acceptors (Lipinski definition) is 3. The van der Waals surface area contributed by atoms with Gasteiger partial charge in [-0.2, -0.15) is 0 Å². The molecule has 6 heteroatoms. The van der Waals surface area contributed by atoms with Crippen molar-refractivity contribution in [2.24, 2.45) is 0 Å². The Balaban J connectivity index is 3.43. The number of Topliss-reactive ketones (excluding diaryl/α,β-unsaturated/α-hetero) is 1. The Bertz CT molecular complexity index is 507. The van der Waals surface area contributed by atoms with Gasteiger partial charge in [-0.05, 0) is 18.6 Å². The molecule has 0 saturated carbocycles. The van der Waals surface area contributed by atoms with Crippen LogP contribution in [0.1, 0.15) is 33.2 Å². The second-order valence-electron chi connectivity index (χ2n) is 3.70. The van der Waals surface area contributed by atoms with Crippen LogP contribution in [0.5, 0.6) is 0 Å². The number of aromatic carboxylic acids is 1. The van der Waals surface area contributed by atoms with Crippen molar-refractivity contribution in [1.82, 2.24) is 0 Å². The molecule has 0 saturated heterocycles. The third-order valence-corrected chi connectivity index (χ3v) is 2.75. The SMILES string of the molecule is CC(Br)C(=O)c1c(CC(=O)O)cccc1C(=O)O. The van der Waals surface area contributed by atoms with E-state index in [1.165, 1.54) is 18.2 Å². The third-order valence-electron chi connectivity index (χ3n) is 2.33. The number of aliphatic carboxylic acids is 1. The van der Waals surface area contributed by atoms with Crippen LogP contribution in [0.25, 0.3) is 0 Å². The minimum atomic E-state index is -1.25. The van der Waals surface area contributed by atoms with Gasteiger partial charge in [0.1, 0.15) is 0 Å². The molecule has 96 valence electrons. The monoisotopic (exact) mass is 314 g/mol. The summed E-state index contributed by atoms with van der Waals surface area (Å²) >= 11 is 3.07. The first kappa shape index (κ1) is 14.4. The van der Waals surface area contributed by atoms with E-state index in [4.69, 9.17) is 10.2 Å². The van der Waals surface area contributed by atoms with Crippen molar-refractivity contribution in [3.8, 4) is 0 Å². The van der Waals surface area contributed by atoms with Crippen molar-refractivity contribution in [1.29, 1.82) is 0 Å². The summed E-state index contributed by atoms with van der Waals surface area (Å²) in [6.45, 7) is 1.56. The van der Waals surface area contributed by atoms with E-state index < -0.39 is 22.5 Å². The topological polar surface area (TPSA) is 91.7 Å². The van der Waals surface area contributed by atoms with E-state index in [1.54, 1.807) is 6.92 Å². The first-order valence-corrected chi connectivity index (χ1v) is 6.01. The van der Waals surface area contributed by atoms with Crippen molar-refractivity contribution < 1.29 is 24.6 Å². The number of ketones is 1. The third kappa shape index (κ3) is 3.16. The van der Waals surface area contributed by atoms with E-state index in [0.717, 1.165) is 0 Å². The molecule has 0 fully saturated rings. The summed E-state index contributed by atoms with van der Waals surface area (Å²) in [4.78, 5) is 33.2. The molecule has 0 bridgehead atoms. The largest absolute Gasteiger partial charge is 0.481 e. The molecule has 0 radical (unpaired) electrons. The smallest absolute Gasteiger partial charge is 0.336 e. The standard InChI is InChI=1S/C12H11BrO5/c1-6(13)11(16)10-7(5-9(14)15)3-2-4-8(10)12(17)18/h2-4,6H,5H2,1H3,(H,14,15)(H,17,18). The number of hydrogen-bond donors (Lipinski definition) is 2. The minimum Gasteiger partial charge on any atom is -0.481 e. The van der Waals surface area contributed by atoms with Crippen LogP contribution in [0.2, 0.25) is 0 Å². The van der Waals surface area contributed by atoms with Crippen LogP contribution in [-0.2, 0) is 11.2 Å². The van der Waals surface area contributed by atoms with Gasteiger partial charge in [0.05, 0.1) is 16.8 Å². The van der Waals surface area contributed by atoms with Gasteiger partial charge >= 0.3 is 11.9 Å². The van der Waals surface area contributed by atoms with Gasteiger partial charge in [0, 0.05) is 5.56 Å². The van der Waals surface area contributed by atoms with E-state index >= 15 is 0 Å². The predicted molar refractivity (Wildman–Crippen MR) is 67.5 cm³/mol. The summed E-state index contributed by atoms with van der Waals surface area (Å²) in [5, 5.41) is 17.8. The molecule has 1 unspecified atom stereocenters. The fourth-order valence-electron chi connectivity index (χ4n) is 1.58. The Labute approximate surface area is 112 Å². The van der Waals surface area contributed by atoms with Crippen LogP contribution in [0.15, 0.2) is 18.2 Å². The van der Waals surface area contributed by atoms with Crippen molar-refractivity contribution in [3.63, 3.8) is 0 Å². The maximum absolute atomic E-state index is 12.0. The summed E-state index contributed by atoms with van der Waals surface area (Å²) in [6, 6.07) is 4.16. The number of carboxylic acids is 2. The summed E-state index contributed by atoms with van der Waals surface area (Å²) in [5.74, 6) is -2.81. The second kappa shape index (κ2) is 5.77. The highest BCUT2D eigenvalue weighted by Gasteiger charge is 2.23. The molecule has 5 nitrogen and oxygen atoms in total. The van der Waals surface area contributed by atoms with E-state index in [1.807, 2.05) is 0 Å². The maximum Gasteiger partial charge on any atom is 0.336 e. The maximum atomic E-state index is 12.0. The van der Waals surface area contributed by atoms with Gasteiger partial charge in [0.2, 0.25) is 0 Å². The van der Waals surface area contributed by atoms with E-state index in [2.05, 4.69) is 15.9 Å². The van der Waals surface area contributed by atoms with Crippen LogP contribution >= 0.6 is 15.9 Å². The Morgan fingerprint density at radius 2 is 1.89 bits per heavy atom. The van der Waals surface area contributed by atoms with Gasteiger partial charge in [-0.1, -0.05) is 28.1 Å². The van der Waals surface area contributed by atoms with Crippen molar-refractivity contribution in [2.45, 2.75) is 18.2 Å².